The smallest absolute Gasteiger partial charge is 0.307 e. The lowest BCUT2D eigenvalue weighted by molar-refractivity contribution is -0.138. The predicted molar refractivity (Wildman–Crippen MR) is 57.4 cm³/mol. The molecule has 0 aromatic heterocycles. The van der Waals surface area contributed by atoms with Crippen molar-refractivity contribution in [1.29, 1.82) is 0 Å². The first-order valence-corrected chi connectivity index (χ1v) is 5.37. The topological polar surface area (TPSA) is 37.3 Å². The van der Waals surface area contributed by atoms with E-state index in [2.05, 4.69) is 15.9 Å². The molecule has 2 rings (SSSR count). The number of carboxylic acids is 1. The van der Waals surface area contributed by atoms with Gasteiger partial charge in [-0.2, -0.15) is 0 Å². The van der Waals surface area contributed by atoms with Crippen LogP contribution in [-0.4, -0.2) is 11.1 Å². The zero-order valence-electron chi connectivity index (χ0n) is 7.83. The lowest BCUT2D eigenvalue weighted by Gasteiger charge is -2.04. The quantitative estimate of drug-likeness (QED) is 0.882. The minimum atomic E-state index is -0.672. The molecule has 1 saturated carbocycles. The Morgan fingerprint density at radius 1 is 1.57 bits per heavy atom. The molecule has 14 heavy (non-hydrogen) atoms. The summed E-state index contributed by atoms with van der Waals surface area (Å²) in [6.07, 6.45) is 0.784. The summed E-state index contributed by atoms with van der Waals surface area (Å²) in [5.41, 5.74) is 2.36. The summed E-state index contributed by atoms with van der Waals surface area (Å²) in [6, 6.07) is 6.04. The molecule has 0 bridgehead atoms. The summed E-state index contributed by atoms with van der Waals surface area (Å²) in [5.74, 6) is -0.609. The summed E-state index contributed by atoms with van der Waals surface area (Å²) in [5, 5.41) is 8.83. The Kier molecular flexibility index (Phi) is 2.35. The number of carbonyl (C=O) groups is 1. The fourth-order valence-electron chi connectivity index (χ4n) is 1.82. The average molecular weight is 255 g/mol. The zero-order valence-corrected chi connectivity index (χ0v) is 9.41. The molecule has 0 spiro atoms. The number of hydrogen-bond donors (Lipinski definition) is 1. The van der Waals surface area contributed by atoms with Crippen molar-refractivity contribution in [2.45, 2.75) is 19.3 Å². The Labute approximate surface area is 91.1 Å². The minimum Gasteiger partial charge on any atom is -0.481 e. The van der Waals surface area contributed by atoms with Gasteiger partial charge in [-0.1, -0.05) is 22.0 Å². The summed E-state index contributed by atoms with van der Waals surface area (Å²) in [7, 11) is 0. The van der Waals surface area contributed by atoms with E-state index in [1.54, 1.807) is 0 Å². The van der Waals surface area contributed by atoms with Crippen molar-refractivity contribution in [3.05, 3.63) is 33.8 Å². The first kappa shape index (κ1) is 9.71. The van der Waals surface area contributed by atoms with E-state index < -0.39 is 5.97 Å². The van der Waals surface area contributed by atoms with Gasteiger partial charge in [-0.3, -0.25) is 4.79 Å². The molecule has 0 radical (unpaired) electrons. The van der Waals surface area contributed by atoms with Gasteiger partial charge in [0.25, 0.3) is 0 Å². The van der Waals surface area contributed by atoms with Gasteiger partial charge in [0.05, 0.1) is 5.92 Å². The van der Waals surface area contributed by atoms with Crippen LogP contribution in [0.25, 0.3) is 0 Å². The Morgan fingerprint density at radius 2 is 2.29 bits per heavy atom. The molecular formula is C11H11BrO2. The van der Waals surface area contributed by atoms with Crippen molar-refractivity contribution in [3.63, 3.8) is 0 Å². The van der Waals surface area contributed by atoms with Crippen molar-refractivity contribution in [3.8, 4) is 0 Å². The van der Waals surface area contributed by atoms with Crippen molar-refractivity contribution in [2.75, 3.05) is 0 Å². The maximum Gasteiger partial charge on any atom is 0.307 e. The molecule has 2 nitrogen and oxygen atoms in total. The molecule has 0 unspecified atom stereocenters. The molecular weight excluding hydrogens is 244 g/mol. The van der Waals surface area contributed by atoms with Gasteiger partial charge in [0, 0.05) is 4.47 Å². The van der Waals surface area contributed by atoms with E-state index in [9.17, 15) is 4.79 Å². The lowest BCUT2D eigenvalue weighted by atomic mass is 10.0. The Hall–Kier alpha value is -0.830. The molecule has 1 aliphatic rings. The number of aliphatic carboxylic acids is 1. The highest BCUT2D eigenvalue weighted by molar-refractivity contribution is 9.10. The van der Waals surface area contributed by atoms with Gasteiger partial charge in [-0.25, -0.2) is 0 Å². The van der Waals surface area contributed by atoms with Crippen LogP contribution in [0.3, 0.4) is 0 Å². The lowest BCUT2D eigenvalue weighted by Crippen LogP contribution is -1.99. The molecule has 1 aromatic rings. The molecule has 1 aliphatic carbocycles. The van der Waals surface area contributed by atoms with Crippen LogP contribution in [0, 0.1) is 12.8 Å². The molecule has 1 aromatic carbocycles. The van der Waals surface area contributed by atoms with Crippen LogP contribution in [-0.2, 0) is 4.79 Å². The molecule has 2 atom stereocenters. The fourth-order valence-corrected chi connectivity index (χ4v) is 2.20. The normalized spacial score (nSPS) is 24.7. The second kappa shape index (κ2) is 3.39. The van der Waals surface area contributed by atoms with Crippen LogP contribution in [0.2, 0.25) is 0 Å². The fraction of sp³-hybridized carbons (Fsp3) is 0.364. The van der Waals surface area contributed by atoms with Gasteiger partial charge in [0.2, 0.25) is 0 Å². The van der Waals surface area contributed by atoms with E-state index in [1.165, 1.54) is 11.1 Å². The van der Waals surface area contributed by atoms with E-state index >= 15 is 0 Å². The van der Waals surface area contributed by atoms with Crippen molar-refractivity contribution >= 4 is 21.9 Å². The van der Waals surface area contributed by atoms with Crippen molar-refractivity contribution < 1.29 is 9.90 Å². The number of rotatable bonds is 2. The van der Waals surface area contributed by atoms with Gasteiger partial charge in [0.1, 0.15) is 0 Å². The van der Waals surface area contributed by atoms with Crippen LogP contribution in [0.1, 0.15) is 23.5 Å². The first-order chi connectivity index (χ1) is 6.59. The highest BCUT2D eigenvalue weighted by Gasteiger charge is 2.44. The Morgan fingerprint density at radius 3 is 2.86 bits per heavy atom. The SMILES string of the molecule is Cc1ccc(Br)cc1[C@@H]1C[C@H]1C(=O)O. The summed E-state index contributed by atoms with van der Waals surface area (Å²) < 4.78 is 1.02. The molecule has 0 aliphatic heterocycles. The van der Waals surface area contributed by atoms with Gasteiger partial charge >= 0.3 is 5.97 Å². The van der Waals surface area contributed by atoms with E-state index in [0.29, 0.717) is 0 Å². The monoisotopic (exact) mass is 254 g/mol. The molecule has 1 N–H and O–H groups in total. The second-order valence-corrected chi connectivity index (χ2v) is 4.70. The largest absolute Gasteiger partial charge is 0.481 e. The highest BCUT2D eigenvalue weighted by Crippen LogP contribution is 2.48. The molecule has 0 heterocycles. The Bertz CT molecular complexity index is 387. The third-order valence-electron chi connectivity index (χ3n) is 2.75. The van der Waals surface area contributed by atoms with Crippen LogP contribution < -0.4 is 0 Å². The Balaban J connectivity index is 2.26. The number of halogens is 1. The maximum absolute atomic E-state index is 10.7. The standard InChI is InChI=1S/C11H11BrO2/c1-6-2-3-7(12)4-8(6)9-5-10(9)11(13)14/h2-4,9-10H,5H2,1H3,(H,13,14)/t9-,10+/m0/s1. The van der Waals surface area contributed by atoms with Crippen LogP contribution >= 0.6 is 15.9 Å². The number of carboxylic acid groups (broad SMARTS) is 1. The molecule has 1 fully saturated rings. The third kappa shape index (κ3) is 1.69. The van der Waals surface area contributed by atoms with Crippen LogP contribution in [0.4, 0.5) is 0 Å². The average Bonchev–Trinajstić information content (AvgIpc) is 2.88. The summed E-state index contributed by atoms with van der Waals surface area (Å²) in [6.45, 7) is 2.03. The molecule has 0 amide bonds. The molecule has 3 heteroatoms. The zero-order chi connectivity index (χ0) is 10.3. The number of aryl methyl sites for hydroxylation is 1. The van der Waals surface area contributed by atoms with Gasteiger partial charge in [-0.05, 0) is 42.5 Å². The second-order valence-electron chi connectivity index (χ2n) is 3.79. The number of hydrogen-bond acceptors (Lipinski definition) is 1. The molecule has 0 saturated heterocycles. The van der Waals surface area contributed by atoms with E-state index in [0.717, 1.165) is 10.9 Å². The predicted octanol–water partition coefficient (Wildman–Crippen LogP) is 2.95. The van der Waals surface area contributed by atoms with Crippen molar-refractivity contribution in [1.82, 2.24) is 0 Å². The third-order valence-corrected chi connectivity index (χ3v) is 3.24. The highest BCUT2D eigenvalue weighted by atomic mass is 79.9. The number of benzene rings is 1. The van der Waals surface area contributed by atoms with Gasteiger partial charge in [-0.15, -0.1) is 0 Å². The minimum absolute atomic E-state index is 0.164. The molecule has 74 valence electrons. The van der Waals surface area contributed by atoms with Crippen LogP contribution in [0.5, 0.6) is 0 Å². The van der Waals surface area contributed by atoms with E-state index in [4.69, 9.17) is 5.11 Å². The van der Waals surface area contributed by atoms with Gasteiger partial charge < -0.3 is 5.11 Å². The summed E-state index contributed by atoms with van der Waals surface area (Å²) in [4.78, 5) is 10.7. The van der Waals surface area contributed by atoms with E-state index in [-0.39, 0.29) is 11.8 Å². The van der Waals surface area contributed by atoms with Crippen molar-refractivity contribution in [2.24, 2.45) is 5.92 Å². The van der Waals surface area contributed by atoms with Gasteiger partial charge in [0.15, 0.2) is 0 Å². The maximum atomic E-state index is 10.7. The van der Waals surface area contributed by atoms with Crippen LogP contribution in [0.15, 0.2) is 22.7 Å². The van der Waals surface area contributed by atoms with E-state index in [1.807, 2.05) is 25.1 Å². The first-order valence-electron chi connectivity index (χ1n) is 4.58. The summed E-state index contributed by atoms with van der Waals surface area (Å²) >= 11 is 3.40.